The van der Waals surface area contributed by atoms with Crippen molar-refractivity contribution >= 4 is 29.4 Å². The molecule has 0 aliphatic heterocycles. The molecule has 0 radical (unpaired) electrons. The number of rotatable bonds is 5. The number of benzene rings is 2. The van der Waals surface area contributed by atoms with Crippen LogP contribution in [-0.4, -0.2) is 27.2 Å². The quantitative estimate of drug-likeness (QED) is 0.407. The molecule has 0 aliphatic rings. The second-order valence-electron chi connectivity index (χ2n) is 5.21. The molecule has 2 N–H and O–H groups in total. The van der Waals surface area contributed by atoms with E-state index in [1.807, 2.05) is 12.1 Å². The number of aromatic amines is 1. The van der Waals surface area contributed by atoms with Crippen LogP contribution in [0.25, 0.3) is 11.3 Å². The summed E-state index contributed by atoms with van der Waals surface area (Å²) in [5.41, 5.74) is 4.83. The number of aromatic nitrogens is 2. The lowest BCUT2D eigenvalue weighted by atomic mass is 10.1. The van der Waals surface area contributed by atoms with Crippen LogP contribution < -0.4 is 5.43 Å². The predicted octanol–water partition coefficient (Wildman–Crippen LogP) is 3.40. The number of nitro benzene ring substituents is 1. The highest BCUT2D eigenvalue weighted by Gasteiger charge is 2.09. The molecule has 0 unspecified atom stereocenters. The van der Waals surface area contributed by atoms with Crippen LogP contribution >= 0.6 is 11.6 Å². The Morgan fingerprint density at radius 1 is 1.19 bits per heavy atom. The molecule has 0 atom stereocenters. The summed E-state index contributed by atoms with van der Waals surface area (Å²) in [5, 5.41) is 22.0. The summed E-state index contributed by atoms with van der Waals surface area (Å²) in [6.07, 6.45) is 3.03. The normalized spacial score (nSPS) is 10.8. The van der Waals surface area contributed by atoms with E-state index < -0.39 is 10.8 Å². The predicted molar refractivity (Wildman–Crippen MR) is 97.2 cm³/mol. The highest BCUT2D eigenvalue weighted by atomic mass is 35.5. The molecule has 2 aromatic carbocycles. The summed E-state index contributed by atoms with van der Waals surface area (Å²) < 4.78 is 0. The Bertz CT molecular complexity index is 965. The van der Waals surface area contributed by atoms with Crippen LogP contribution in [0.5, 0.6) is 0 Å². The van der Waals surface area contributed by atoms with Crippen LogP contribution in [0.4, 0.5) is 5.69 Å². The van der Waals surface area contributed by atoms with Gasteiger partial charge >= 0.3 is 0 Å². The first-order valence-electron chi connectivity index (χ1n) is 7.42. The van der Waals surface area contributed by atoms with E-state index in [1.165, 1.54) is 30.5 Å². The van der Waals surface area contributed by atoms with Gasteiger partial charge in [-0.3, -0.25) is 20.0 Å². The van der Waals surface area contributed by atoms with Crippen molar-refractivity contribution in [3.05, 3.63) is 81.0 Å². The average molecular weight is 370 g/mol. The molecule has 1 amide bonds. The van der Waals surface area contributed by atoms with E-state index in [2.05, 4.69) is 20.7 Å². The van der Waals surface area contributed by atoms with Crippen LogP contribution in [0.15, 0.2) is 59.8 Å². The Balaban J connectivity index is 1.69. The summed E-state index contributed by atoms with van der Waals surface area (Å²) >= 11 is 5.88. The molecule has 130 valence electrons. The van der Waals surface area contributed by atoms with E-state index in [4.69, 9.17) is 11.6 Å². The number of carbonyl (C=O) groups excluding carboxylic acids is 1. The lowest BCUT2D eigenvalue weighted by Gasteiger charge is -2.01. The van der Waals surface area contributed by atoms with Crippen LogP contribution in [0.2, 0.25) is 5.02 Å². The third kappa shape index (κ3) is 3.93. The molecule has 1 heterocycles. The number of hydrogen-bond acceptors (Lipinski definition) is 5. The third-order valence-electron chi connectivity index (χ3n) is 3.51. The lowest BCUT2D eigenvalue weighted by Crippen LogP contribution is -2.17. The Morgan fingerprint density at radius 2 is 1.88 bits per heavy atom. The Morgan fingerprint density at radius 3 is 2.54 bits per heavy atom. The number of halogens is 1. The number of hydrazone groups is 1. The lowest BCUT2D eigenvalue weighted by molar-refractivity contribution is -0.384. The molecule has 3 aromatic rings. The average Bonchev–Trinajstić information content (AvgIpc) is 3.11. The van der Waals surface area contributed by atoms with E-state index in [0.29, 0.717) is 10.6 Å². The molecule has 9 heteroatoms. The first kappa shape index (κ1) is 17.3. The maximum atomic E-state index is 12.0. The Kier molecular flexibility index (Phi) is 5.04. The maximum absolute atomic E-state index is 12.0. The summed E-state index contributed by atoms with van der Waals surface area (Å²) in [6, 6.07) is 12.4. The van der Waals surface area contributed by atoms with Crippen molar-refractivity contribution in [2.24, 2.45) is 5.10 Å². The fourth-order valence-corrected chi connectivity index (χ4v) is 2.33. The molecule has 0 bridgehead atoms. The van der Waals surface area contributed by atoms with Gasteiger partial charge in [0.05, 0.1) is 23.0 Å². The van der Waals surface area contributed by atoms with Crippen molar-refractivity contribution in [1.29, 1.82) is 0 Å². The minimum Gasteiger partial charge on any atom is -0.277 e. The Labute approximate surface area is 152 Å². The molecular formula is C17H12ClN5O3. The van der Waals surface area contributed by atoms with E-state index >= 15 is 0 Å². The number of amides is 1. The fraction of sp³-hybridized carbons (Fsp3) is 0. The topological polar surface area (TPSA) is 113 Å². The zero-order chi connectivity index (χ0) is 18.5. The zero-order valence-electron chi connectivity index (χ0n) is 13.2. The number of nitrogens with one attached hydrogen (secondary N) is 2. The van der Waals surface area contributed by atoms with Crippen molar-refractivity contribution in [1.82, 2.24) is 15.6 Å². The van der Waals surface area contributed by atoms with Gasteiger partial charge in [0.2, 0.25) is 0 Å². The first-order chi connectivity index (χ1) is 12.5. The summed E-state index contributed by atoms with van der Waals surface area (Å²) in [4.78, 5) is 22.1. The standard InChI is InChI=1S/C17H12ClN5O3/c18-14-5-1-11(2-6-14)16-13(9-19-21-16)10-20-22-17(24)12-3-7-15(8-4-12)23(25)26/h1-10H,(H,19,21)(H,22,24). The summed E-state index contributed by atoms with van der Waals surface area (Å²) in [6.45, 7) is 0. The molecule has 0 fully saturated rings. The van der Waals surface area contributed by atoms with Crippen LogP contribution in [0.1, 0.15) is 15.9 Å². The van der Waals surface area contributed by atoms with Gasteiger partial charge in [0.15, 0.2) is 0 Å². The van der Waals surface area contributed by atoms with Gasteiger partial charge in [0, 0.05) is 33.8 Å². The van der Waals surface area contributed by atoms with Gasteiger partial charge in [-0.05, 0) is 24.3 Å². The minimum absolute atomic E-state index is 0.0870. The number of carbonyl (C=O) groups is 1. The van der Waals surface area contributed by atoms with Gasteiger partial charge in [-0.25, -0.2) is 5.43 Å². The number of nitrogens with zero attached hydrogens (tertiary/aromatic N) is 3. The third-order valence-corrected chi connectivity index (χ3v) is 3.76. The van der Waals surface area contributed by atoms with E-state index in [9.17, 15) is 14.9 Å². The minimum atomic E-state index is -0.531. The molecule has 0 saturated heterocycles. The van der Waals surface area contributed by atoms with Crippen molar-refractivity contribution in [3.63, 3.8) is 0 Å². The SMILES string of the molecule is O=C(NN=Cc1cn[nH]c1-c1ccc(Cl)cc1)c1ccc([N+](=O)[O-])cc1. The number of non-ortho nitro benzene ring substituents is 1. The monoisotopic (exact) mass is 369 g/mol. The number of H-pyrrole nitrogens is 1. The smallest absolute Gasteiger partial charge is 0.271 e. The molecule has 3 rings (SSSR count). The van der Waals surface area contributed by atoms with Gasteiger partial charge in [-0.1, -0.05) is 23.7 Å². The molecule has 0 aliphatic carbocycles. The first-order valence-corrected chi connectivity index (χ1v) is 7.79. The zero-order valence-corrected chi connectivity index (χ0v) is 14.0. The van der Waals surface area contributed by atoms with Gasteiger partial charge in [0.25, 0.3) is 11.6 Å². The van der Waals surface area contributed by atoms with Crippen LogP contribution in [0.3, 0.4) is 0 Å². The van der Waals surface area contributed by atoms with Gasteiger partial charge < -0.3 is 0 Å². The highest BCUT2D eigenvalue weighted by Crippen LogP contribution is 2.21. The van der Waals surface area contributed by atoms with Crippen molar-refractivity contribution < 1.29 is 9.72 Å². The summed E-state index contributed by atoms with van der Waals surface area (Å²) in [5.74, 6) is -0.479. The fourth-order valence-electron chi connectivity index (χ4n) is 2.20. The van der Waals surface area contributed by atoms with E-state index in [1.54, 1.807) is 18.3 Å². The second kappa shape index (κ2) is 7.58. The molecule has 1 aromatic heterocycles. The molecule has 0 spiro atoms. The van der Waals surface area contributed by atoms with Crippen LogP contribution in [0, 0.1) is 10.1 Å². The van der Waals surface area contributed by atoms with Crippen molar-refractivity contribution in [2.75, 3.05) is 0 Å². The van der Waals surface area contributed by atoms with E-state index in [0.717, 1.165) is 11.3 Å². The molecule has 0 saturated carbocycles. The summed E-state index contributed by atoms with van der Waals surface area (Å²) in [7, 11) is 0. The second-order valence-corrected chi connectivity index (χ2v) is 5.65. The van der Waals surface area contributed by atoms with Gasteiger partial charge in [-0.2, -0.15) is 10.2 Å². The Hall–Kier alpha value is -3.52. The van der Waals surface area contributed by atoms with Crippen molar-refractivity contribution in [3.8, 4) is 11.3 Å². The highest BCUT2D eigenvalue weighted by molar-refractivity contribution is 6.30. The molecule has 8 nitrogen and oxygen atoms in total. The largest absolute Gasteiger partial charge is 0.277 e. The van der Waals surface area contributed by atoms with Gasteiger partial charge in [0.1, 0.15) is 0 Å². The van der Waals surface area contributed by atoms with E-state index in [-0.39, 0.29) is 11.3 Å². The number of nitro groups is 1. The van der Waals surface area contributed by atoms with Crippen molar-refractivity contribution in [2.45, 2.75) is 0 Å². The molecule has 26 heavy (non-hydrogen) atoms. The van der Waals surface area contributed by atoms with Gasteiger partial charge in [-0.15, -0.1) is 0 Å². The maximum Gasteiger partial charge on any atom is 0.271 e. The van der Waals surface area contributed by atoms with Crippen LogP contribution in [-0.2, 0) is 0 Å². The molecular weight excluding hydrogens is 358 g/mol. The number of hydrogen-bond donors (Lipinski definition) is 2.